The van der Waals surface area contributed by atoms with E-state index in [1.165, 1.54) is 5.39 Å². The molecule has 0 radical (unpaired) electrons. The van der Waals surface area contributed by atoms with Gasteiger partial charge in [0.15, 0.2) is 11.5 Å². The third kappa shape index (κ3) is 2.14. The van der Waals surface area contributed by atoms with Gasteiger partial charge in [-0.15, -0.1) is 0 Å². The Hall–Kier alpha value is -2.75. The zero-order valence-corrected chi connectivity index (χ0v) is 11.4. The van der Waals surface area contributed by atoms with E-state index in [-0.39, 0.29) is 0 Å². The lowest BCUT2D eigenvalue weighted by Gasteiger charge is -2.11. The fourth-order valence-electron chi connectivity index (χ4n) is 2.59. The molecule has 1 aromatic heterocycles. The highest BCUT2D eigenvalue weighted by molar-refractivity contribution is 5.93. The van der Waals surface area contributed by atoms with Crippen molar-refractivity contribution in [1.82, 2.24) is 4.98 Å². The van der Waals surface area contributed by atoms with Crippen molar-refractivity contribution in [2.75, 3.05) is 12.1 Å². The van der Waals surface area contributed by atoms with Crippen LogP contribution in [0.25, 0.3) is 10.8 Å². The highest BCUT2D eigenvalue weighted by Crippen LogP contribution is 2.35. The fourth-order valence-corrected chi connectivity index (χ4v) is 2.59. The molecule has 0 bridgehead atoms. The molecule has 21 heavy (non-hydrogen) atoms. The lowest BCUT2D eigenvalue weighted by molar-refractivity contribution is 0.173. The van der Waals surface area contributed by atoms with Crippen LogP contribution >= 0.6 is 0 Å². The molecular weight excluding hydrogens is 264 g/mol. The van der Waals surface area contributed by atoms with Crippen LogP contribution < -0.4 is 14.8 Å². The van der Waals surface area contributed by atoms with Crippen LogP contribution in [0.15, 0.2) is 54.9 Å². The fraction of sp³-hybridized carbons (Fsp3) is 0.118. The predicted octanol–water partition coefficient (Wildman–Crippen LogP) is 3.58. The summed E-state index contributed by atoms with van der Waals surface area (Å²) in [5.74, 6) is 1.65. The first kappa shape index (κ1) is 12.0. The molecule has 4 nitrogen and oxygen atoms in total. The average Bonchev–Trinajstić information content (AvgIpc) is 3.02. The third-order valence-corrected chi connectivity index (χ3v) is 3.63. The maximum Gasteiger partial charge on any atom is 0.231 e. The lowest BCUT2D eigenvalue weighted by Crippen LogP contribution is -2.01. The Balaban J connectivity index is 1.63. The van der Waals surface area contributed by atoms with E-state index in [4.69, 9.17) is 9.47 Å². The van der Waals surface area contributed by atoms with E-state index in [0.29, 0.717) is 13.3 Å². The molecule has 0 atom stereocenters. The molecular formula is C17H14N2O2. The van der Waals surface area contributed by atoms with Gasteiger partial charge in [-0.25, -0.2) is 0 Å². The molecule has 0 saturated heterocycles. The van der Waals surface area contributed by atoms with Crippen LogP contribution in [-0.2, 0) is 6.54 Å². The third-order valence-electron chi connectivity index (χ3n) is 3.63. The molecule has 0 saturated carbocycles. The van der Waals surface area contributed by atoms with Gasteiger partial charge in [0.2, 0.25) is 6.79 Å². The number of benzene rings is 2. The lowest BCUT2D eigenvalue weighted by atomic mass is 10.1. The highest BCUT2D eigenvalue weighted by Gasteiger charge is 2.16. The molecule has 0 fully saturated rings. The predicted molar refractivity (Wildman–Crippen MR) is 81.6 cm³/mol. The van der Waals surface area contributed by atoms with Crippen molar-refractivity contribution in [3.63, 3.8) is 0 Å². The standard InChI is InChI=1S/C17H14N2O2/c1-3-12-7-8-18-10-14(12)15(5-1)19-9-13-4-2-6-16-17(13)21-11-20-16/h1-8,10,19H,9,11H2. The molecule has 2 heterocycles. The van der Waals surface area contributed by atoms with Crippen molar-refractivity contribution >= 4 is 16.5 Å². The number of nitrogens with zero attached hydrogens (tertiary/aromatic N) is 1. The van der Waals surface area contributed by atoms with E-state index in [1.807, 2.05) is 36.5 Å². The van der Waals surface area contributed by atoms with Crippen molar-refractivity contribution in [2.45, 2.75) is 6.54 Å². The molecule has 4 rings (SSSR count). The van der Waals surface area contributed by atoms with E-state index < -0.39 is 0 Å². The summed E-state index contributed by atoms with van der Waals surface area (Å²) in [4.78, 5) is 4.20. The molecule has 3 aromatic rings. The quantitative estimate of drug-likeness (QED) is 0.795. The Labute approximate surface area is 122 Å². The number of aromatic nitrogens is 1. The molecule has 1 aliphatic rings. The van der Waals surface area contributed by atoms with E-state index >= 15 is 0 Å². The van der Waals surface area contributed by atoms with Gasteiger partial charge in [0.1, 0.15) is 0 Å². The number of fused-ring (bicyclic) bond motifs is 2. The number of hydrogen-bond acceptors (Lipinski definition) is 4. The van der Waals surface area contributed by atoms with E-state index in [2.05, 4.69) is 22.4 Å². The summed E-state index contributed by atoms with van der Waals surface area (Å²) >= 11 is 0. The van der Waals surface area contributed by atoms with Gasteiger partial charge < -0.3 is 14.8 Å². The van der Waals surface area contributed by atoms with Crippen LogP contribution in [0.2, 0.25) is 0 Å². The second kappa shape index (κ2) is 4.98. The first-order valence-electron chi connectivity index (χ1n) is 6.86. The average molecular weight is 278 g/mol. The van der Waals surface area contributed by atoms with Gasteiger partial charge in [0.05, 0.1) is 0 Å². The largest absolute Gasteiger partial charge is 0.454 e. The Kier molecular flexibility index (Phi) is 2.85. The summed E-state index contributed by atoms with van der Waals surface area (Å²) in [5.41, 5.74) is 2.16. The molecule has 0 spiro atoms. The summed E-state index contributed by atoms with van der Waals surface area (Å²) < 4.78 is 10.9. The van der Waals surface area contributed by atoms with Gasteiger partial charge in [-0.2, -0.15) is 0 Å². The van der Waals surface area contributed by atoms with Crippen LogP contribution in [0.4, 0.5) is 5.69 Å². The summed E-state index contributed by atoms with van der Waals surface area (Å²) in [6.45, 7) is 0.977. The van der Waals surface area contributed by atoms with Gasteiger partial charge in [-0.3, -0.25) is 4.98 Å². The topological polar surface area (TPSA) is 43.4 Å². The van der Waals surface area contributed by atoms with E-state index in [0.717, 1.165) is 28.1 Å². The molecule has 0 aliphatic carbocycles. The summed E-state index contributed by atoms with van der Waals surface area (Å²) in [7, 11) is 0. The number of ether oxygens (including phenoxy) is 2. The van der Waals surface area contributed by atoms with Crippen LogP contribution in [-0.4, -0.2) is 11.8 Å². The second-order valence-electron chi connectivity index (χ2n) is 4.91. The van der Waals surface area contributed by atoms with Gasteiger partial charge in [-0.1, -0.05) is 24.3 Å². The first-order valence-corrected chi connectivity index (χ1v) is 6.86. The number of nitrogens with one attached hydrogen (secondary N) is 1. The van der Waals surface area contributed by atoms with E-state index in [9.17, 15) is 0 Å². The number of hydrogen-bond donors (Lipinski definition) is 1. The first-order chi connectivity index (χ1) is 10.4. The number of para-hydroxylation sites is 1. The van der Waals surface area contributed by atoms with Gasteiger partial charge in [-0.05, 0) is 23.6 Å². The molecule has 104 valence electrons. The zero-order chi connectivity index (χ0) is 14.1. The second-order valence-corrected chi connectivity index (χ2v) is 4.91. The Morgan fingerprint density at radius 3 is 3.00 bits per heavy atom. The zero-order valence-electron chi connectivity index (χ0n) is 11.4. The van der Waals surface area contributed by atoms with Crippen LogP contribution in [0.5, 0.6) is 11.5 Å². The molecule has 4 heteroatoms. The summed E-state index contributed by atoms with van der Waals surface area (Å²) in [6.07, 6.45) is 3.69. The van der Waals surface area contributed by atoms with Crippen LogP contribution in [0.3, 0.4) is 0 Å². The maximum absolute atomic E-state index is 5.53. The number of anilines is 1. The Morgan fingerprint density at radius 1 is 1.05 bits per heavy atom. The molecule has 0 amide bonds. The van der Waals surface area contributed by atoms with E-state index in [1.54, 1.807) is 6.20 Å². The normalized spacial score (nSPS) is 12.6. The Bertz CT molecular complexity index is 796. The van der Waals surface area contributed by atoms with Crippen molar-refractivity contribution in [2.24, 2.45) is 0 Å². The van der Waals surface area contributed by atoms with Crippen molar-refractivity contribution in [3.8, 4) is 11.5 Å². The molecule has 1 N–H and O–H groups in total. The maximum atomic E-state index is 5.53. The summed E-state index contributed by atoms with van der Waals surface area (Å²) in [5, 5.41) is 5.75. The highest BCUT2D eigenvalue weighted by atomic mass is 16.7. The van der Waals surface area contributed by atoms with Gasteiger partial charge in [0.25, 0.3) is 0 Å². The SMILES string of the molecule is c1cc(CNc2cccc3ccncc23)c2c(c1)OCO2. The molecule has 0 unspecified atom stereocenters. The molecule has 1 aliphatic heterocycles. The van der Waals surface area contributed by atoms with Crippen LogP contribution in [0, 0.1) is 0 Å². The van der Waals surface area contributed by atoms with Gasteiger partial charge >= 0.3 is 0 Å². The number of rotatable bonds is 3. The smallest absolute Gasteiger partial charge is 0.231 e. The number of pyridine rings is 1. The Morgan fingerprint density at radius 2 is 2.00 bits per heavy atom. The van der Waals surface area contributed by atoms with Crippen LogP contribution in [0.1, 0.15) is 5.56 Å². The van der Waals surface area contributed by atoms with Crippen molar-refractivity contribution < 1.29 is 9.47 Å². The van der Waals surface area contributed by atoms with Crippen molar-refractivity contribution in [1.29, 1.82) is 0 Å². The summed E-state index contributed by atoms with van der Waals surface area (Å²) in [6, 6.07) is 14.1. The van der Waals surface area contributed by atoms with Gasteiger partial charge in [0, 0.05) is 35.6 Å². The van der Waals surface area contributed by atoms with Crippen molar-refractivity contribution in [3.05, 3.63) is 60.4 Å². The molecule has 2 aromatic carbocycles. The minimum Gasteiger partial charge on any atom is -0.454 e. The minimum atomic E-state index is 0.296. The monoisotopic (exact) mass is 278 g/mol. The minimum absolute atomic E-state index is 0.296.